The van der Waals surface area contributed by atoms with Crippen LogP contribution in [0.2, 0.25) is 0 Å². The Kier molecular flexibility index (Phi) is 2.77. The molecule has 1 saturated heterocycles. The van der Waals surface area contributed by atoms with Gasteiger partial charge in [-0.15, -0.1) is 13.2 Å². The smallest absolute Gasteiger partial charge is 0.405 e. The molecule has 2 rings (SSSR count). The number of para-hydroxylation sites is 1. The van der Waals surface area contributed by atoms with Crippen molar-refractivity contribution >= 4 is 0 Å². The molecule has 0 radical (unpaired) electrons. The number of benzene rings is 1. The van der Waals surface area contributed by atoms with Gasteiger partial charge in [-0.3, -0.25) is 0 Å². The molecule has 0 amide bonds. The van der Waals surface area contributed by atoms with Gasteiger partial charge in [-0.05, 0) is 6.07 Å². The molecule has 0 saturated carbocycles. The zero-order chi connectivity index (χ0) is 11.8. The molecule has 1 heterocycles. The van der Waals surface area contributed by atoms with E-state index in [-0.39, 0.29) is 12.4 Å². The van der Waals surface area contributed by atoms with E-state index in [9.17, 15) is 13.2 Å². The molecule has 16 heavy (non-hydrogen) atoms. The van der Waals surface area contributed by atoms with Gasteiger partial charge in [0.15, 0.2) is 0 Å². The number of aliphatic hydroxyl groups excluding tert-OH is 1. The van der Waals surface area contributed by atoms with Crippen LogP contribution in [-0.4, -0.2) is 24.2 Å². The molecule has 1 aliphatic rings. The monoisotopic (exact) mass is 234 g/mol. The van der Waals surface area contributed by atoms with Gasteiger partial charge < -0.3 is 14.6 Å². The Labute approximate surface area is 89.4 Å². The van der Waals surface area contributed by atoms with E-state index in [1.807, 2.05) is 0 Å². The van der Waals surface area contributed by atoms with Crippen molar-refractivity contribution in [3.8, 4) is 5.75 Å². The highest BCUT2D eigenvalue weighted by atomic mass is 19.4. The Bertz CT molecular complexity index is 378. The summed E-state index contributed by atoms with van der Waals surface area (Å²) in [5.41, 5.74) is 0.305. The van der Waals surface area contributed by atoms with E-state index in [0.29, 0.717) is 5.56 Å². The van der Waals surface area contributed by atoms with E-state index in [4.69, 9.17) is 9.84 Å². The summed E-state index contributed by atoms with van der Waals surface area (Å²) in [6, 6.07) is 5.75. The van der Waals surface area contributed by atoms with Gasteiger partial charge >= 0.3 is 6.36 Å². The number of epoxide rings is 1. The lowest BCUT2D eigenvalue weighted by Gasteiger charge is -2.11. The molecule has 0 spiro atoms. The molecule has 6 heteroatoms. The zero-order valence-electron chi connectivity index (χ0n) is 8.07. The quantitative estimate of drug-likeness (QED) is 0.813. The van der Waals surface area contributed by atoms with Crippen molar-refractivity contribution in [3.05, 3.63) is 29.8 Å². The van der Waals surface area contributed by atoms with Crippen LogP contribution in [0.3, 0.4) is 0 Å². The van der Waals surface area contributed by atoms with Gasteiger partial charge in [-0.1, -0.05) is 18.2 Å². The molecule has 1 fully saturated rings. The number of halogens is 3. The van der Waals surface area contributed by atoms with Crippen molar-refractivity contribution in [1.29, 1.82) is 0 Å². The number of alkyl halides is 3. The summed E-state index contributed by atoms with van der Waals surface area (Å²) >= 11 is 0. The molecule has 0 bridgehead atoms. The summed E-state index contributed by atoms with van der Waals surface area (Å²) < 4.78 is 45.1. The lowest BCUT2D eigenvalue weighted by molar-refractivity contribution is -0.274. The summed E-state index contributed by atoms with van der Waals surface area (Å²) in [6.45, 7) is -0.217. The van der Waals surface area contributed by atoms with E-state index in [2.05, 4.69) is 4.74 Å². The van der Waals surface area contributed by atoms with Crippen LogP contribution >= 0.6 is 0 Å². The third kappa shape index (κ3) is 2.45. The molecule has 0 aliphatic carbocycles. The second-order valence-corrected chi connectivity index (χ2v) is 3.36. The summed E-state index contributed by atoms with van der Waals surface area (Å²) in [6.07, 6.45) is -5.67. The third-order valence-electron chi connectivity index (χ3n) is 2.21. The van der Waals surface area contributed by atoms with Crippen molar-refractivity contribution in [2.24, 2.45) is 0 Å². The summed E-state index contributed by atoms with van der Waals surface area (Å²) in [5, 5.41) is 8.77. The number of hydrogen-bond acceptors (Lipinski definition) is 3. The molecular weight excluding hydrogens is 225 g/mol. The van der Waals surface area contributed by atoms with Crippen LogP contribution in [0, 0.1) is 0 Å². The summed E-state index contributed by atoms with van der Waals surface area (Å²) in [4.78, 5) is 0. The van der Waals surface area contributed by atoms with Gasteiger partial charge in [-0.2, -0.15) is 0 Å². The molecule has 3 nitrogen and oxygen atoms in total. The first-order chi connectivity index (χ1) is 7.51. The highest BCUT2D eigenvalue weighted by molar-refractivity contribution is 5.37. The van der Waals surface area contributed by atoms with Crippen LogP contribution in [0.1, 0.15) is 11.7 Å². The van der Waals surface area contributed by atoms with E-state index in [1.165, 1.54) is 18.2 Å². The largest absolute Gasteiger partial charge is 0.573 e. The summed E-state index contributed by atoms with van der Waals surface area (Å²) in [7, 11) is 0. The fraction of sp³-hybridized carbons (Fsp3) is 0.400. The average Bonchev–Trinajstić information content (AvgIpc) is 2.95. The molecule has 1 aromatic carbocycles. The van der Waals surface area contributed by atoms with Gasteiger partial charge in [0.2, 0.25) is 0 Å². The van der Waals surface area contributed by atoms with Crippen molar-refractivity contribution in [2.45, 2.75) is 18.6 Å². The first-order valence-corrected chi connectivity index (χ1v) is 4.62. The molecule has 2 atom stereocenters. The van der Waals surface area contributed by atoms with Gasteiger partial charge in [0, 0.05) is 5.56 Å². The normalized spacial score (nSPS) is 24.2. The molecule has 88 valence electrons. The van der Waals surface area contributed by atoms with Crippen molar-refractivity contribution in [3.63, 3.8) is 0 Å². The van der Waals surface area contributed by atoms with Gasteiger partial charge in [0.1, 0.15) is 18.0 Å². The zero-order valence-corrected chi connectivity index (χ0v) is 8.07. The SMILES string of the molecule is OC[C@H]1O[C@@H]1c1ccccc1OC(F)(F)F. The first-order valence-electron chi connectivity index (χ1n) is 4.62. The number of hydrogen-bond donors (Lipinski definition) is 1. The van der Waals surface area contributed by atoms with Crippen LogP contribution in [-0.2, 0) is 4.74 Å². The predicted octanol–water partition coefficient (Wildman–Crippen LogP) is 2.02. The molecule has 0 aromatic heterocycles. The maximum Gasteiger partial charge on any atom is 0.573 e. The number of rotatable bonds is 3. The van der Waals surface area contributed by atoms with Crippen LogP contribution < -0.4 is 4.74 Å². The van der Waals surface area contributed by atoms with E-state index < -0.39 is 18.6 Å². The minimum absolute atomic E-state index is 0.217. The number of ether oxygens (including phenoxy) is 2. The highest BCUT2D eigenvalue weighted by Crippen LogP contribution is 2.43. The van der Waals surface area contributed by atoms with Crippen molar-refractivity contribution in [2.75, 3.05) is 6.61 Å². The molecular formula is C10H9F3O3. The molecule has 0 unspecified atom stereocenters. The molecule has 1 aliphatic heterocycles. The van der Waals surface area contributed by atoms with Crippen molar-refractivity contribution in [1.82, 2.24) is 0 Å². The van der Waals surface area contributed by atoms with Crippen LogP contribution in [0.15, 0.2) is 24.3 Å². The lowest BCUT2D eigenvalue weighted by atomic mass is 10.1. The Hall–Kier alpha value is -1.27. The minimum atomic E-state index is -4.72. The fourth-order valence-electron chi connectivity index (χ4n) is 1.49. The standard InChI is InChI=1S/C10H9F3O3/c11-10(12,13)16-7-4-2-1-3-6(7)9-8(5-14)15-9/h1-4,8-9,14H,5H2/t8-,9-/m1/s1. The second-order valence-electron chi connectivity index (χ2n) is 3.36. The Morgan fingerprint density at radius 1 is 1.31 bits per heavy atom. The fourth-order valence-corrected chi connectivity index (χ4v) is 1.49. The first kappa shape index (κ1) is 11.2. The Morgan fingerprint density at radius 2 is 2.00 bits per heavy atom. The summed E-state index contributed by atoms with van der Waals surface area (Å²) in [5.74, 6) is -0.282. The maximum absolute atomic E-state index is 12.1. The number of aliphatic hydroxyl groups is 1. The highest BCUT2D eigenvalue weighted by Gasteiger charge is 2.42. The van der Waals surface area contributed by atoms with Crippen LogP contribution in [0.4, 0.5) is 13.2 Å². The lowest BCUT2D eigenvalue weighted by Crippen LogP contribution is -2.18. The Balaban J connectivity index is 2.19. The topological polar surface area (TPSA) is 42.0 Å². The minimum Gasteiger partial charge on any atom is -0.405 e. The third-order valence-corrected chi connectivity index (χ3v) is 2.21. The van der Waals surface area contributed by atoms with E-state index in [0.717, 1.165) is 0 Å². The Morgan fingerprint density at radius 3 is 2.56 bits per heavy atom. The maximum atomic E-state index is 12.1. The van der Waals surface area contributed by atoms with Gasteiger partial charge in [0.25, 0.3) is 0 Å². The molecule has 1 N–H and O–H groups in total. The van der Waals surface area contributed by atoms with Crippen molar-refractivity contribution < 1.29 is 27.8 Å². The van der Waals surface area contributed by atoms with E-state index in [1.54, 1.807) is 6.07 Å². The van der Waals surface area contributed by atoms with Gasteiger partial charge in [0.05, 0.1) is 6.61 Å². The predicted molar refractivity (Wildman–Crippen MR) is 47.8 cm³/mol. The van der Waals surface area contributed by atoms with Crippen LogP contribution in [0.25, 0.3) is 0 Å². The van der Waals surface area contributed by atoms with Gasteiger partial charge in [-0.25, -0.2) is 0 Å². The second kappa shape index (κ2) is 3.95. The average molecular weight is 234 g/mol. The van der Waals surface area contributed by atoms with E-state index >= 15 is 0 Å². The van der Waals surface area contributed by atoms with Crippen LogP contribution in [0.5, 0.6) is 5.75 Å². The molecule has 1 aromatic rings.